The minimum atomic E-state index is -0.0621. The zero-order chi connectivity index (χ0) is 16.9. The first-order valence-electron chi connectivity index (χ1n) is 8.19. The Morgan fingerprint density at radius 1 is 1.00 bits per heavy atom. The van der Waals surface area contributed by atoms with Crippen LogP contribution in [0, 0.1) is 0 Å². The number of rotatable bonds is 5. The summed E-state index contributed by atoms with van der Waals surface area (Å²) < 4.78 is 0. The van der Waals surface area contributed by atoms with Gasteiger partial charge in [-0.2, -0.15) is 0 Å². The molecule has 0 unspecified atom stereocenters. The molecule has 0 bridgehead atoms. The van der Waals surface area contributed by atoms with E-state index in [0.717, 1.165) is 16.5 Å². The molecule has 0 aliphatic heterocycles. The number of hydrogen-bond acceptors (Lipinski definition) is 2. The summed E-state index contributed by atoms with van der Waals surface area (Å²) in [4.78, 5) is 12.3. The van der Waals surface area contributed by atoms with E-state index in [0.29, 0.717) is 12.8 Å². The molecular weight excluding hydrogens is 298 g/mol. The highest BCUT2D eigenvalue weighted by Crippen LogP contribution is 2.24. The summed E-state index contributed by atoms with van der Waals surface area (Å²) in [7, 11) is 0. The Balaban J connectivity index is 1.67. The molecule has 0 fully saturated rings. The van der Waals surface area contributed by atoms with Gasteiger partial charge in [0, 0.05) is 6.42 Å². The Morgan fingerprint density at radius 3 is 2.54 bits per heavy atom. The molecule has 0 spiro atoms. The smallest absolute Gasteiger partial charge is 0.220 e. The van der Waals surface area contributed by atoms with Gasteiger partial charge in [-0.25, -0.2) is 0 Å². The molecule has 0 aliphatic carbocycles. The van der Waals surface area contributed by atoms with Gasteiger partial charge in [-0.1, -0.05) is 60.7 Å². The summed E-state index contributed by atoms with van der Waals surface area (Å²) >= 11 is 0. The largest absolute Gasteiger partial charge is 0.508 e. The third-order valence-electron chi connectivity index (χ3n) is 4.28. The monoisotopic (exact) mass is 319 g/mol. The van der Waals surface area contributed by atoms with Crippen LogP contribution in [0.15, 0.2) is 66.7 Å². The van der Waals surface area contributed by atoms with Gasteiger partial charge in [-0.3, -0.25) is 4.79 Å². The average Bonchev–Trinajstić information content (AvgIpc) is 2.60. The van der Waals surface area contributed by atoms with Crippen molar-refractivity contribution in [3.63, 3.8) is 0 Å². The van der Waals surface area contributed by atoms with Crippen molar-refractivity contribution in [2.24, 2.45) is 0 Å². The molecule has 3 nitrogen and oxygen atoms in total. The van der Waals surface area contributed by atoms with Crippen molar-refractivity contribution in [2.75, 3.05) is 0 Å². The zero-order valence-corrected chi connectivity index (χ0v) is 13.7. The Labute approximate surface area is 142 Å². The topological polar surface area (TPSA) is 49.3 Å². The van der Waals surface area contributed by atoms with Crippen LogP contribution in [-0.2, 0) is 11.2 Å². The number of aryl methyl sites for hydroxylation is 1. The highest BCUT2D eigenvalue weighted by atomic mass is 16.3. The number of nitrogens with one attached hydrogen (secondary N) is 1. The summed E-state index contributed by atoms with van der Waals surface area (Å²) in [5.41, 5.74) is 1.91. The molecule has 0 radical (unpaired) electrons. The van der Waals surface area contributed by atoms with E-state index >= 15 is 0 Å². The predicted octanol–water partition coefficient (Wildman–Crippen LogP) is 4.36. The molecule has 0 heterocycles. The molecule has 0 aromatic heterocycles. The van der Waals surface area contributed by atoms with Crippen LogP contribution in [-0.4, -0.2) is 11.0 Å². The number of carbonyl (C=O) groups excluding carboxylic acids is 1. The van der Waals surface area contributed by atoms with Crippen LogP contribution in [0.5, 0.6) is 5.75 Å². The Bertz CT molecular complexity index is 852. The quantitative estimate of drug-likeness (QED) is 0.734. The zero-order valence-electron chi connectivity index (χ0n) is 13.7. The molecule has 1 amide bonds. The average molecular weight is 319 g/mol. The lowest BCUT2D eigenvalue weighted by Gasteiger charge is -2.17. The molecule has 2 N–H and O–H groups in total. The third kappa shape index (κ3) is 3.57. The Morgan fingerprint density at radius 2 is 1.71 bits per heavy atom. The van der Waals surface area contributed by atoms with E-state index in [2.05, 4.69) is 29.6 Å². The van der Waals surface area contributed by atoms with E-state index in [1.54, 1.807) is 12.1 Å². The van der Waals surface area contributed by atoms with Gasteiger partial charge in [0.2, 0.25) is 5.91 Å². The standard InChI is InChI=1S/C21H21NO2/c1-15(18-11-6-9-16-7-2-4-10-19(16)18)22-21(24)14-13-17-8-3-5-12-20(17)23/h2-12,15,23H,13-14H2,1H3,(H,22,24)/t15-/m1/s1. The molecule has 122 valence electrons. The van der Waals surface area contributed by atoms with Gasteiger partial charge in [0.15, 0.2) is 0 Å². The molecule has 1 atom stereocenters. The van der Waals surface area contributed by atoms with Gasteiger partial charge >= 0.3 is 0 Å². The highest BCUT2D eigenvalue weighted by Gasteiger charge is 2.12. The number of phenols is 1. The van der Waals surface area contributed by atoms with Gasteiger partial charge in [0.05, 0.1) is 6.04 Å². The molecule has 3 aromatic rings. The first-order chi connectivity index (χ1) is 11.6. The van der Waals surface area contributed by atoms with E-state index < -0.39 is 0 Å². The lowest BCUT2D eigenvalue weighted by Crippen LogP contribution is -2.26. The highest BCUT2D eigenvalue weighted by molar-refractivity contribution is 5.86. The summed E-state index contributed by atoms with van der Waals surface area (Å²) in [6, 6.07) is 21.4. The van der Waals surface area contributed by atoms with Crippen molar-refractivity contribution in [3.8, 4) is 5.75 Å². The number of fused-ring (bicyclic) bond motifs is 1. The second-order valence-corrected chi connectivity index (χ2v) is 5.99. The molecule has 3 aromatic carbocycles. The normalized spacial score (nSPS) is 12.0. The maximum atomic E-state index is 12.3. The van der Waals surface area contributed by atoms with Gasteiger partial charge in [0.25, 0.3) is 0 Å². The van der Waals surface area contributed by atoms with E-state index in [9.17, 15) is 9.90 Å². The van der Waals surface area contributed by atoms with Crippen molar-refractivity contribution >= 4 is 16.7 Å². The van der Waals surface area contributed by atoms with Gasteiger partial charge in [0.1, 0.15) is 5.75 Å². The summed E-state index contributed by atoms with van der Waals surface area (Å²) in [5, 5.41) is 15.2. The first-order valence-corrected chi connectivity index (χ1v) is 8.19. The minimum absolute atomic E-state index is 0.0151. The Hall–Kier alpha value is -2.81. The maximum Gasteiger partial charge on any atom is 0.220 e. The van der Waals surface area contributed by atoms with Crippen LogP contribution in [0.2, 0.25) is 0 Å². The molecule has 0 aliphatic rings. The van der Waals surface area contributed by atoms with Gasteiger partial charge in [-0.05, 0) is 41.3 Å². The van der Waals surface area contributed by atoms with Crippen molar-refractivity contribution < 1.29 is 9.90 Å². The fourth-order valence-electron chi connectivity index (χ4n) is 2.99. The molecular formula is C21H21NO2. The van der Waals surface area contributed by atoms with Crippen LogP contribution in [0.1, 0.15) is 30.5 Å². The van der Waals surface area contributed by atoms with Crippen molar-refractivity contribution in [2.45, 2.75) is 25.8 Å². The first kappa shape index (κ1) is 16.1. The third-order valence-corrected chi connectivity index (χ3v) is 4.28. The number of amides is 1. The number of para-hydroxylation sites is 1. The van der Waals surface area contributed by atoms with Crippen molar-refractivity contribution in [1.82, 2.24) is 5.32 Å². The molecule has 3 heteroatoms. The number of hydrogen-bond donors (Lipinski definition) is 2. The summed E-state index contributed by atoms with van der Waals surface area (Å²) in [5.74, 6) is 0.228. The molecule has 24 heavy (non-hydrogen) atoms. The lowest BCUT2D eigenvalue weighted by molar-refractivity contribution is -0.121. The summed E-state index contributed by atoms with van der Waals surface area (Å²) in [6.45, 7) is 2.00. The van der Waals surface area contributed by atoms with Crippen LogP contribution in [0.4, 0.5) is 0 Å². The number of benzene rings is 3. The van der Waals surface area contributed by atoms with E-state index in [4.69, 9.17) is 0 Å². The maximum absolute atomic E-state index is 12.3. The molecule has 3 rings (SSSR count). The second kappa shape index (κ2) is 7.18. The van der Waals surface area contributed by atoms with Crippen molar-refractivity contribution in [1.29, 1.82) is 0 Å². The van der Waals surface area contributed by atoms with Gasteiger partial charge in [-0.15, -0.1) is 0 Å². The fraction of sp³-hybridized carbons (Fsp3) is 0.190. The second-order valence-electron chi connectivity index (χ2n) is 5.99. The van der Waals surface area contributed by atoms with E-state index in [1.165, 1.54) is 5.39 Å². The summed E-state index contributed by atoms with van der Waals surface area (Å²) in [6.07, 6.45) is 0.882. The van der Waals surface area contributed by atoms with Gasteiger partial charge < -0.3 is 10.4 Å². The fourth-order valence-corrected chi connectivity index (χ4v) is 2.99. The van der Waals surface area contributed by atoms with Crippen LogP contribution in [0.3, 0.4) is 0 Å². The molecule has 0 saturated heterocycles. The van der Waals surface area contributed by atoms with Crippen LogP contribution < -0.4 is 5.32 Å². The lowest BCUT2D eigenvalue weighted by atomic mass is 9.99. The predicted molar refractivity (Wildman–Crippen MR) is 96.9 cm³/mol. The van der Waals surface area contributed by atoms with Crippen LogP contribution in [0.25, 0.3) is 10.8 Å². The van der Waals surface area contributed by atoms with E-state index in [-0.39, 0.29) is 17.7 Å². The number of phenolic OH excluding ortho intramolecular Hbond substituents is 1. The van der Waals surface area contributed by atoms with Crippen molar-refractivity contribution in [3.05, 3.63) is 77.9 Å². The Kier molecular flexibility index (Phi) is 4.80. The number of aromatic hydroxyl groups is 1. The van der Waals surface area contributed by atoms with E-state index in [1.807, 2.05) is 37.3 Å². The number of carbonyl (C=O) groups is 1. The minimum Gasteiger partial charge on any atom is -0.508 e. The van der Waals surface area contributed by atoms with Crippen LogP contribution >= 0.6 is 0 Å². The SMILES string of the molecule is C[C@@H](NC(=O)CCc1ccccc1O)c1cccc2ccccc12. The molecule has 0 saturated carbocycles.